The van der Waals surface area contributed by atoms with Gasteiger partial charge < -0.3 is 0 Å². The second-order valence-electron chi connectivity index (χ2n) is 3.99. The van der Waals surface area contributed by atoms with Crippen LogP contribution in [0.25, 0.3) is 0 Å². The molecule has 0 amide bonds. The zero-order valence-electron chi connectivity index (χ0n) is 11.1. The highest BCUT2D eigenvalue weighted by molar-refractivity contribution is 6.20. The molecule has 0 bridgehead atoms. The molecular formula is C14H14F2N2O2. The molecular weight excluding hydrogens is 266 g/mol. The van der Waals surface area contributed by atoms with Gasteiger partial charge in [0.2, 0.25) is 5.78 Å². The summed E-state index contributed by atoms with van der Waals surface area (Å²) in [4.78, 5) is 22.4. The van der Waals surface area contributed by atoms with E-state index in [1.54, 1.807) is 12.1 Å². The number of hydrogen-bond donors (Lipinski definition) is 0. The number of Topliss-reactive ketones (excluding diaryl/α,β-unsaturated/α-hetero) is 2. The van der Waals surface area contributed by atoms with E-state index in [4.69, 9.17) is 0 Å². The summed E-state index contributed by atoms with van der Waals surface area (Å²) in [5.74, 6) is -2.23. The highest BCUT2D eigenvalue weighted by Gasteiger charge is 2.24. The Morgan fingerprint density at radius 2 is 1.85 bits per heavy atom. The highest BCUT2D eigenvalue weighted by Crippen LogP contribution is 2.08. The lowest BCUT2D eigenvalue weighted by atomic mass is 10.1. The molecule has 0 saturated carbocycles. The van der Waals surface area contributed by atoms with Crippen LogP contribution in [0.1, 0.15) is 12.5 Å². The summed E-state index contributed by atoms with van der Waals surface area (Å²) in [7, 11) is 1.45. The number of carbonyl (C=O) groups excluding carboxylic acids is 2. The lowest BCUT2D eigenvalue weighted by Crippen LogP contribution is -2.20. The Morgan fingerprint density at radius 1 is 1.25 bits per heavy atom. The van der Waals surface area contributed by atoms with Gasteiger partial charge in [-0.2, -0.15) is 5.10 Å². The Morgan fingerprint density at radius 3 is 2.35 bits per heavy atom. The van der Waals surface area contributed by atoms with Crippen molar-refractivity contribution in [1.29, 1.82) is 0 Å². The summed E-state index contributed by atoms with van der Waals surface area (Å²) in [6.07, 6.45) is -0.728. The van der Waals surface area contributed by atoms with Crippen molar-refractivity contribution in [3.05, 3.63) is 47.7 Å². The van der Waals surface area contributed by atoms with Crippen molar-refractivity contribution in [2.24, 2.45) is 5.10 Å². The van der Waals surface area contributed by atoms with Crippen molar-refractivity contribution in [3.63, 3.8) is 0 Å². The van der Waals surface area contributed by atoms with Crippen LogP contribution in [0.3, 0.4) is 0 Å². The van der Waals surface area contributed by atoms with Gasteiger partial charge >= 0.3 is 6.43 Å². The van der Waals surface area contributed by atoms with Crippen LogP contribution in [0.4, 0.5) is 8.78 Å². The monoisotopic (exact) mass is 280 g/mol. The summed E-state index contributed by atoms with van der Waals surface area (Å²) in [5, 5.41) is 5.08. The molecule has 0 aliphatic carbocycles. The Balaban J connectivity index is 2.87. The fraction of sp³-hybridized carbons (Fsp3) is 0.214. The summed E-state index contributed by atoms with van der Waals surface area (Å²) in [5.41, 5.74) is 0.227. The molecule has 1 aromatic rings. The number of rotatable bonds is 6. The van der Waals surface area contributed by atoms with Crippen LogP contribution < -0.4 is 0 Å². The van der Waals surface area contributed by atoms with Gasteiger partial charge in [-0.15, -0.1) is 0 Å². The zero-order valence-corrected chi connectivity index (χ0v) is 11.1. The maximum absolute atomic E-state index is 12.3. The molecule has 0 aromatic heterocycles. The summed E-state index contributed by atoms with van der Waals surface area (Å²) in [6.45, 7) is 1.06. The van der Waals surface area contributed by atoms with Gasteiger partial charge in [0.15, 0.2) is 5.78 Å². The van der Waals surface area contributed by atoms with Gasteiger partial charge in [0.1, 0.15) is 0 Å². The van der Waals surface area contributed by atoms with E-state index in [-0.39, 0.29) is 0 Å². The van der Waals surface area contributed by atoms with Crippen LogP contribution >= 0.6 is 0 Å². The molecule has 0 aliphatic rings. The van der Waals surface area contributed by atoms with Crippen molar-refractivity contribution in [2.45, 2.75) is 13.3 Å². The molecule has 0 fully saturated rings. The SMILES string of the molecule is CC(=O)C(=CN(C)N=Cc1ccccc1)C(=O)C(F)F. The second-order valence-corrected chi connectivity index (χ2v) is 3.99. The molecule has 1 aromatic carbocycles. The Hall–Kier alpha value is -2.37. The molecule has 6 heteroatoms. The number of allylic oxidation sites excluding steroid dienone is 1. The average molecular weight is 280 g/mol. The second kappa shape index (κ2) is 7.28. The normalized spacial score (nSPS) is 11.9. The van der Waals surface area contributed by atoms with E-state index < -0.39 is 23.6 Å². The molecule has 0 N–H and O–H groups in total. The van der Waals surface area contributed by atoms with Crippen LogP contribution in [-0.2, 0) is 9.59 Å². The van der Waals surface area contributed by atoms with Gasteiger partial charge in [0.05, 0.1) is 11.8 Å². The van der Waals surface area contributed by atoms with Gasteiger partial charge in [0.25, 0.3) is 0 Å². The van der Waals surface area contributed by atoms with Crippen LogP contribution in [0, 0.1) is 0 Å². The molecule has 20 heavy (non-hydrogen) atoms. The first-order chi connectivity index (χ1) is 9.41. The number of alkyl halides is 2. The summed E-state index contributed by atoms with van der Waals surface area (Å²) < 4.78 is 24.7. The maximum Gasteiger partial charge on any atom is 0.300 e. The standard InChI is InChI=1S/C14H14F2N2O2/c1-10(19)12(13(20)14(15)16)9-18(2)17-8-11-6-4-3-5-7-11/h3-9,14H,1-2H3. The Bertz CT molecular complexity index is 539. The molecule has 4 nitrogen and oxygen atoms in total. The van der Waals surface area contributed by atoms with E-state index in [1.807, 2.05) is 18.2 Å². The quantitative estimate of drug-likeness (QED) is 0.264. The number of halogens is 2. The van der Waals surface area contributed by atoms with Crippen molar-refractivity contribution in [3.8, 4) is 0 Å². The lowest BCUT2D eigenvalue weighted by molar-refractivity contribution is -0.128. The molecule has 0 radical (unpaired) electrons. The predicted molar refractivity (Wildman–Crippen MR) is 71.6 cm³/mol. The molecule has 0 saturated heterocycles. The van der Waals surface area contributed by atoms with Crippen LogP contribution in [0.2, 0.25) is 0 Å². The Labute approximate surface area is 115 Å². The molecule has 0 heterocycles. The van der Waals surface area contributed by atoms with Crippen molar-refractivity contribution in [1.82, 2.24) is 5.01 Å². The van der Waals surface area contributed by atoms with Gasteiger partial charge in [0, 0.05) is 13.2 Å². The third-order valence-electron chi connectivity index (χ3n) is 2.35. The highest BCUT2D eigenvalue weighted by atomic mass is 19.3. The minimum Gasteiger partial charge on any atom is -0.294 e. The first-order valence-corrected chi connectivity index (χ1v) is 5.79. The number of carbonyl (C=O) groups is 2. The van der Waals surface area contributed by atoms with Crippen molar-refractivity contribution in [2.75, 3.05) is 7.05 Å². The number of nitrogens with zero attached hydrogens (tertiary/aromatic N) is 2. The van der Waals surface area contributed by atoms with E-state index >= 15 is 0 Å². The fourth-order valence-electron chi connectivity index (χ4n) is 1.36. The summed E-state index contributed by atoms with van der Waals surface area (Å²) >= 11 is 0. The minimum atomic E-state index is -3.21. The Kier molecular flexibility index (Phi) is 5.71. The number of benzene rings is 1. The maximum atomic E-state index is 12.3. The summed E-state index contributed by atoms with van der Waals surface area (Å²) in [6, 6.07) is 9.08. The zero-order chi connectivity index (χ0) is 15.1. The number of ketones is 2. The molecule has 0 spiro atoms. The van der Waals surface area contributed by atoms with E-state index in [1.165, 1.54) is 13.3 Å². The topological polar surface area (TPSA) is 49.7 Å². The lowest BCUT2D eigenvalue weighted by Gasteiger charge is -2.09. The molecule has 106 valence electrons. The van der Waals surface area contributed by atoms with Gasteiger partial charge in [-0.3, -0.25) is 14.6 Å². The van der Waals surface area contributed by atoms with Gasteiger partial charge in [-0.1, -0.05) is 30.3 Å². The van der Waals surface area contributed by atoms with Gasteiger partial charge in [-0.25, -0.2) is 8.78 Å². The average Bonchev–Trinajstić information content (AvgIpc) is 2.42. The van der Waals surface area contributed by atoms with Crippen LogP contribution in [0.5, 0.6) is 0 Å². The van der Waals surface area contributed by atoms with Gasteiger partial charge in [-0.05, 0) is 12.5 Å². The van der Waals surface area contributed by atoms with E-state index in [2.05, 4.69) is 5.10 Å². The molecule has 0 unspecified atom stereocenters. The van der Waals surface area contributed by atoms with Crippen LogP contribution in [0.15, 0.2) is 47.2 Å². The van der Waals surface area contributed by atoms with E-state index in [0.29, 0.717) is 0 Å². The first-order valence-electron chi connectivity index (χ1n) is 5.79. The molecule has 0 atom stereocenters. The van der Waals surface area contributed by atoms with Crippen molar-refractivity contribution >= 4 is 17.8 Å². The third-order valence-corrected chi connectivity index (χ3v) is 2.35. The largest absolute Gasteiger partial charge is 0.300 e. The van der Waals surface area contributed by atoms with E-state index in [9.17, 15) is 18.4 Å². The van der Waals surface area contributed by atoms with E-state index in [0.717, 1.165) is 23.7 Å². The smallest absolute Gasteiger partial charge is 0.294 e. The number of hydrogen-bond acceptors (Lipinski definition) is 4. The first kappa shape index (κ1) is 15.7. The van der Waals surface area contributed by atoms with Crippen LogP contribution in [-0.4, -0.2) is 36.3 Å². The molecule has 0 aliphatic heterocycles. The predicted octanol–water partition coefficient (Wildman–Crippen LogP) is 2.26. The molecule has 1 rings (SSSR count). The number of hydrazone groups is 1. The van der Waals surface area contributed by atoms with Crippen molar-refractivity contribution < 1.29 is 18.4 Å². The minimum absolute atomic E-state index is 0.576. The third kappa shape index (κ3) is 4.72. The fourth-order valence-corrected chi connectivity index (χ4v) is 1.36.